The zero-order valence-corrected chi connectivity index (χ0v) is 16.4. The number of rotatable bonds is 11. The summed E-state index contributed by atoms with van der Waals surface area (Å²) in [5.41, 5.74) is -1.29. The van der Waals surface area contributed by atoms with Crippen LogP contribution in [0.25, 0.3) is 0 Å². The fourth-order valence-electron chi connectivity index (χ4n) is 1.56. The molecule has 1 atom stereocenters. The predicted molar refractivity (Wildman–Crippen MR) is 93.5 cm³/mol. The highest BCUT2D eigenvalue weighted by molar-refractivity contribution is 8.15. The lowest BCUT2D eigenvalue weighted by atomic mass is 9.87. The monoisotopic (exact) mass is 430 g/mol. The van der Waals surface area contributed by atoms with E-state index in [1.165, 1.54) is 13.8 Å². The average Bonchev–Trinajstić information content (AvgIpc) is 2.55. The largest absolute Gasteiger partial charge is 0.475 e. The van der Waals surface area contributed by atoms with Crippen molar-refractivity contribution in [3.63, 3.8) is 0 Å². The first-order valence-corrected chi connectivity index (χ1v) is 10.1. The Morgan fingerprint density at radius 3 is 2.26 bits per heavy atom. The predicted octanol–water partition coefficient (Wildman–Crippen LogP) is -1.55. The van der Waals surface area contributed by atoms with Crippen molar-refractivity contribution in [2.75, 3.05) is 25.4 Å². The minimum Gasteiger partial charge on any atom is -0.475 e. The Balaban J connectivity index is 4.12. The summed E-state index contributed by atoms with van der Waals surface area (Å²) in [7, 11) is -4.74. The van der Waals surface area contributed by atoms with Crippen molar-refractivity contribution in [2.24, 2.45) is 5.41 Å². The van der Waals surface area contributed by atoms with E-state index in [-0.39, 0.29) is 25.3 Å². The summed E-state index contributed by atoms with van der Waals surface area (Å²) < 4.78 is 15.0. The highest BCUT2D eigenvalue weighted by Gasteiger charge is 2.35. The van der Waals surface area contributed by atoms with Crippen LogP contribution in [0.4, 0.5) is 0 Å². The number of carbonyl (C=O) groups is 4. The second kappa shape index (κ2) is 11.4. The second-order valence-electron chi connectivity index (χ2n) is 5.99. The number of phosphoric ester groups is 1. The smallest absolute Gasteiger partial charge is 0.469 e. The molecule has 0 aliphatic carbocycles. The van der Waals surface area contributed by atoms with Crippen molar-refractivity contribution >= 4 is 42.5 Å². The highest BCUT2D eigenvalue weighted by Crippen LogP contribution is 2.38. The van der Waals surface area contributed by atoms with E-state index >= 15 is 0 Å². The number of carboxylic acids is 1. The Kier molecular flexibility index (Phi) is 10.7. The van der Waals surface area contributed by atoms with Crippen molar-refractivity contribution in [2.45, 2.75) is 26.4 Å². The maximum Gasteiger partial charge on any atom is 0.469 e. The van der Waals surface area contributed by atoms with Gasteiger partial charge in [0, 0.05) is 30.7 Å². The molecule has 0 aliphatic heterocycles. The van der Waals surface area contributed by atoms with Crippen LogP contribution in [0.2, 0.25) is 0 Å². The molecule has 0 aromatic heterocycles. The van der Waals surface area contributed by atoms with E-state index in [1.807, 2.05) is 0 Å². The SMILES string of the molecule is CC(C)(COP(=O)(O)O)C(O)C(=O)NCCC(=O)NCCSC(=O)C(=O)O. The molecule has 0 rings (SSSR count). The van der Waals surface area contributed by atoms with E-state index in [4.69, 9.17) is 14.9 Å². The normalized spacial score (nSPS) is 12.9. The van der Waals surface area contributed by atoms with Crippen LogP contribution in [0.3, 0.4) is 0 Å². The Labute approximate surface area is 159 Å². The first-order valence-electron chi connectivity index (χ1n) is 7.59. The van der Waals surface area contributed by atoms with Gasteiger partial charge in [0.25, 0.3) is 5.12 Å². The summed E-state index contributed by atoms with van der Waals surface area (Å²) in [5, 5.41) is 22.0. The molecular weight excluding hydrogens is 407 g/mol. The molecule has 6 N–H and O–H groups in total. The first-order chi connectivity index (χ1) is 12.3. The first kappa shape index (κ1) is 25.5. The maximum atomic E-state index is 11.9. The minimum atomic E-state index is -4.74. The molecule has 0 aliphatic rings. The van der Waals surface area contributed by atoms with Crippen LogP contribution in [0, 0.1) is 5.41 Å². The van der Waals surface area contributed by atoms with Gasteiger partial charge >= 0.3 is 13.8 Å². The van der Waals surface area contributed by atoms with Crippen LogP contribution in [0.5, 0.6) is 0 Å². The van der Waals surface area contributed by atoms with Crippen molar-refractivity contribution in [3.8, 4) is 0 Å². The Morgan fingerprint density at radius 1 is 1.15 bits per heavy atom. The molecule has 0 heterocycles. The summed E-state index contributed by atoms with van der Waals surface area (Å²) in [5.74, 6) is -2.79. The fraction of sp³-hybridized carbons (Fsp3) is 0.692. The van der Waals surface area contributed by atoms with Gasteiger partial charge in [-0.3, -0.25) is 18.9 Å². The molecule has 156 valence electrons. The molecule has 0 saturated heterocycles. The van der Waals surface area contributed by atoms with Gasteiger partial charge in [0.15, 0.2) is 0 Å². The summed E-state index contributed by atoms with van der Waals surface area (Å²) in [6.07, 6.45) is -1.76. The molecule has 0 fully saturated rings. The molecular formula is C13H23N2O10PS. The van der Waals surface area contributed by atoms with Gasteiger partial charge < -0.3 is 30.6 Å². The summed E-state index contributed by atoms with van der Waals surface area (Å²) in [6, 6.07) is 0. The molecule has 12 nitrogen and oxygen atoms in total. The molecule has 14 heteroatoms. The lowest BCUT2D eigenvalue weighted by Crippen LogP contribution is -2.46. The van der Waals surface area contributed by atoms with Gasteiger partial charge in [-0.2, -0.15) is 0 Å². The maximum absolute atomic E-state index is 11.9. The van der Waals surface area contributed by atoms with Crippen molar-refractivity contribution in [3.05, 3.63) is 0 Å². The van der Waals surface area contributed by atoms with Gasteiger partial charge in [0.1, 0.15) is 6.10 Å². The summed E-state index contributed by atoms with van der Waals surface area (Å²) >= 11 is 0.545. The Morgan fingerprint density at radius 2 is 1.74 bits per heavy atom. The number of amides is 2. The average molecular weight is 430 g/mol. The second-order valence-corrected chi connectivity index (χ2v) is 8.29. The van der Waals surface area contributed by atoms with E-state index in [1.54, 1.807) is 0 Å². The molecule has 0 bridgehead atoms. The van der Waals surface area contributed by atoms with Crippen LogP contribution < -0.4 is 10.6 Å². The van der Waals surface area contributed by atoms with Gasteiger partial charge in [0.2, 0.25) is 11.8 Å². The molecule has 0 aromatic rings. The molecule has 2 amide bonds. The Hall–Kier alpha value is -1.50. The minimum absolute atomic E-state index is 0.0613. The number of phosphoric acid groups is 1. The van der Waals surface area contributed by atoms with Crippen molar-refractivity contribution in [1.29, 1.82) is 0 Å². The number of aliphatic carboxylic acids is 1. The third-order valence-electron chi connectivity index (χ3n) is 3.08. The van der Waals surface area contributed by atoms with Gasteiger partial charge in [-0.05, 0) is 0 Å². The van der Waals surface area contributed by atoms with E-state index in [0.717, 1.165) is 0 Å². The van der Waals surface area contributed by atoms with E-state index in [2.05, 4.69) is 15.2 Å². The van der Waals surface area contributed by atoms with Crippen LogP contribution in [0.1, 0.15) is 20.3 Å². The molecule has 0 spiro atoms. The van der Waals surface area contributed by atoms with Crippen LogP contribution in [-0.2, 0) is 28.3 Å². The van der Waals surface area contributed by atoms with E-state index < -0.39 is 48.8 Å². The zero-order valence-electron chi connectivity index (χ0n) is 14.7. The number of aliphatic hydroxyl groups is 1. The van der Waals surface area contributed by atoms with Crippen molar-refractivity contribution < 1.29 is 48.3 Å². The number of carbonyl (C=O) groups excluding carboxylic acids is 3. The third-order valence-corrected chi connectivity index (χ3v) is 4.39. The standard InChI is InChI=1S/C13H23N2O10PS/c1-13(2,7-25-26(22,23)24)9(17)10(18)15-4-3-8(16)14-5-6-27-12(21)11(19)20/h9,17H,3-7H2,1-2H3,(H,14,16)(H,15,18)(H,19,20)(H2,22,23,24). The van der Waals surface area contributed by atoms with Crippen LogP contribution >= 0.6 is 19.6 Å². The van der Waals surface area contributed by atoms with Gasteiger partial charge in [-0.25, -0.2) is 9.36 Å². The van der Waals surface area contributed by atoms with E-state index in [0.29, 0.717) is 11.8 Å². The van der Waals surface area contributed by atoms with Crippen molar-refractivity contribution in [1.82, 2.24) is 10.6 Å². The fourth-order valence-corrected chi connectivity index (χ4v) is 2.58. The zero-order chi connectivity index (χ0) is 21.3. The summed E-state index contributed by atoms with van der Waals surface area (Å²) in [4.78, 5) is 61.8. The quantitative estimate of drug-likeness (QED) is 0.126. The molecule has 0 aromatic carbocycles. The van der Waals surface area contributed by atoms with E-state index in [9.17, 15) is 28.8 Å². The Bertz CT molecular complexity index is 606. The number of carboxylic acid groups (broad SMARTS) is 1. The summed E-state index contributed by atoms with van der Waals surface area (Å²) in [6.45, 7) is 2.12. The van der Waals surface area contributed by atoms with Crippen LogP contribution in [-0.4, -0.2) is 74.5 Å². The number of hydrogen-bond donors (Lipinski definition) is 6. The lowest BCUT2D eigenvalue weighted by molar-refractivity contribution is -0.144. The van der Waals surface area contributed by atoms with Gasteiger partial charge in [0.05, 0.1) is 6.61 Å². The van der Waals surface area contributed by atoms with Gasteiger partial charge in [-0.15, -0.1) is 0 Å². The van der Waals surface area contributed by atoms with Gasteiger partial charge in [-0.1, -0.05) is 25.6 Å². The third kappa shape index (κ3) is 11.7. The van der Waals surface area contributed by atoms with Crippen LogP contribution in [0.15, 0.2) is 0 Å². The molecule has 1 unspecified atom stereocenters. The topological polar surface area (TPSA) is 200 Å². The molecule has 0 saturated carbocycles. The number of aliphatic hydroxyl groups excluding tert-OH is 1. The lowest BCUT2D eigenvalue weighted by Gasteiger charge is -2.29. The molecule has 0 radical (unpaired) electrons. The molecule has 27 heavy (non-hydrogen) atoms. The highest BCUT2D eigenvalue weighted by atomic mass is 32.2. The number of thioether (sulfide) groups is 1. The number of hydrogen-bond acceptors (Lipinski definition) is 8. The number of nitrogens with one attached hydrogen (secondary N) is 2.